The lowest BCUT2D eigenvalue weighted by molar-refractivity contribution is 0.365. The molecule has 4 nitrogen and oxygen atoms in total. The maximum Gasteiger partial charge on any atom is 0.200 e. The number of hydrogen-bond acceptors (Lipinski definition) is 4. The Kier molecular flexibility index (Phi) is 4.15. The van der Waals surface area contributed by atoms with Crippen molar-refractivity contribution in [2.24, 2.45) is 0 Å². The van der Waals surface area contributed by atoms with Crippen LogP contribution in [-0.2, 0) is 0 Å². The summed E-state index contributed by atoms with van der Waals surface area (Å²) in [5, 5.41) is 4.28. The first-order valence-corrected chi connectivity index (χ1v) is 7.33. The molecule has 0 fully saturated rings. The summed E-state index contributed by atoms with van der Waals surface area (Å²) in [5.74, 6) is 0.609. The summed E-state index contributed by atoms with van der Waals surface area (Å²) in [6.45, 7) is 8.25. The number of nitrogens with one attached hydrogen (secondary N) is 1. The van der Waals surface area contributed by atoms with Crippen LogP contribution in [-0.4, -0.2) is 13.2 Å². The van der Waals surface area contributed by atoms with Gasteiger partial charge in [-0.3, -0.25) is 4.79 Å². The molecule has 0 unspecified atom stereocenters. The molecule has 1 N–H and O–H groups in total. The lowest BCUT2D eigenvalue weighted by Gasteiger charge is -2.13. The van der Waals surface area contributed by atoms with Gasteiger partial charge in [0.25, 0.3) is 0 Å². The van der Waals surface area contributed by atoms with E-state index in [0.29, 0.717) is 46.5 Å². The van der Waals surface area contributed by atoms with Gasteiger partial charge in [0.2, 0.25) is 5.43 Å². The Morgan fingerprint density at radius 2 is 1.91 bits per heavy atom. The van der Waals surface area contributed by atoms with Crippen LogP contribution in [0.15, 0.2) is 70.9 Å². The number of rotatable bonds is 6. The maximum absolute atomic E-state index is 12.7. The van der Waals surface area contributed by atoms with Gasteiger partial charge >= 0.3 is 0 Å². The highest BCUT2D eigenvalue weighted by Gasteiger charge is 2.15. The minimum Gasteiger partial charge on any atom is -0.487 e. The summed E-state index contributed by atoms with van der Waals surface area (Å²) in [6, 6.07) is 10.7. The fraction of sp³-hybridized carbons (Fsp3) is 0.105. The Balaban J connectivity index is 2.31. The van der Waals surface area contributed by atoms with Gasteiger partial charge in [0.1, 0.15) is 23.6 Å². The molecule has 2 aromatic carbocycles. The second-order valence-corrected chi connectivity index (χ2v) is 5.01. The summed E-state index contributed by atoms with van der Waals surface area (Å²) in [4.78, 5) is 12.7. The molecule has 0 spiro atoms. The molecule has 3 aromatic rings. The topological polar surface area (TPSA) is 51.5 Å². The van der Waals surface area contributed by atoms with Crippen molar-refractivity contribution in [2.75, 3.05) is 18.5 Å². The number of hydrogen-bond donors (Lipinski definition) is 1. The minimum absolute atomic E-state index is 0.0567. The Morgan fingerprint density at radius 1 is 1.09 bits per heavy atom. The summed E-state index contributed by atoms with van der Waals surface area (Å²) >= 11 is 0. The molecule has 1 heterocycles. The van der Waals surface area contributed by atoms with E-state index in [1.54, 1.807) is 36.4 Å². The van der Waals surface area contributed by atoms with Crippen molar-refractivity contribution in [1.82, 2.24) is 0 Å². The van der Waals surface area contributed by atoms with Gasteiger partial charge in [-0.15, -0.1) is 6.58 Å². The molecule has 4 heteroatoms. The molecule has 0 aliphatic rings. The third kappa shape index (κ3) is 2.71. The van der Waals surface area contributed by atoms with Gasteiger partial charge in [-0.25, -0.2) is 0 Å². The molecule has 0 radical (unpaired) electrons. The minimum atomic E-state index is -0.0567. The van der Waals surface area contributed by atoms with Gasteiger partial charge in [0.05, 0.1) is 10.8 Å². The molecule has 1 aromatic heterocycles. The van der Waals surface area contributed by atoms with E-state index in [4.69, 9.17) is 9.15 Å². The molecule has 23 heavy (non-hydrogen) atoms. The molecule has 0 bridgehead atoms. The fourth-order valence-corrected chi connectivity index (χ4v) is 2.46. The molecular formula is C19H17NO3. The van der Waals surface area contributed by atoms with Crippen molar-refractivity contribution in [3.63, 3.8) is 0 Å². The Bertz CT molecular complexity index is 940. The highest BCUT2D eigenvalue weighted by molar-refractivity contribution is 5.97. The van der Waals surface area contributed by atoms with Crippen LogP contribution >= 0.6 is 0 Å². The van der Waals surface area contributed by atoms with Crippen molar-refractivity contribution in [2.45, 2.75) is 0 Å². The van der Waals surface area contributed by atoms with E-state index in [0.717, 1.165) is 0 Å². The van der Waals surface area contributed by atoms with Gasteiger partial charge in [-0.1, -0.05) is 30.9 Å². The number of fused-ring (bicyclic) bond motifs is 2. The molecule has 0 amide bonds. The second-order valence-electron chi connectivity index (χ2n) is 5.01. The van der Waals surface area contributed by atoms with Crippen LogP contribution < -0.4 is 15.5 Å². The quantitative estimate of drug-likeness (QED) is 0.550. The van der Waals surface area contributed by atoms with Crippen LogP contribution in [0.2, 0.25) is 0 Å². The Morgan fingerprint density at radius 3 is 2.70 bits per heavy atom. The van der Waals surface area contributed by atoms with Gasteiger partial charge in [-0.2, -0.15) is 0 Å². The van der Waals surface area contributed by atoms with Crippen molar-refractivity contribution in [3.8, 4) is 5.75 Å². The van der Waals surface area contributed by atoms with Gasteiger partial charge in [0, 0.05) is 6.54 Å². The normalized spacial score (nSPS) is 10.6. The Labute approximate surface area is 133 Å². The first kappa shape index (κ1) is 14.9. The van der Waals surface area contributed by atoms with Crippen LogP contribution in [0.4, 0.5) is 5.69 Å². The zero-order valence-electron chi connectivity index (χ0n) is 12.7. The number of para-hydroxylation sites is 1. The lowest BCUT2D eigenvalue weighted by Crippen LogP contribution is -2.07. The fourth-order valence-electron chi connectivity index (χ4n) is 2.46. The standard InChI is InChI=1S/C19H17NO3/c1-3-11-20-17-16(22-12-4-2)10-9-14-18(21)13-7-5-6-8-15(13)23-19(14)17/h3-10,20H,1-2,11-12H2. The summed E-state index contributed by atoms with van der Waals surface area (Å²) < 4.78 is 11.6. The average molecular weight is 307 g/mol. The molecule has 0 atom stereocenters. The average Bonchev–Trinajstić information content (AvgIpc) is 2.58. The van der Waals surface area contributed by atoms with E-state index < -0.39 is 0 Å². The zero-order valence-corrected chi connectivity index (χ0v) is 12.7. The van der Waals surface area contributed by atoms with Gasteiger partial charge in [0.15, 0.2) is 5.58 Å². The molecule has 0 aliphatic carbocycles. The summed E-state index contributed by atoms with van der Waals surface area (Å²) in [5.41, 5.74) is 1.62. The number of benzene rings is 2. The highest BCUT2D eigenvalue weighted by Crippen LogP contribution is 2.33. The molecule has 116 valence electrons. The van der Waals surface area contributed by atoms with Crippen LogP contribution in [0.25, 0.3) is 21.9 Å². The molecular weight excluding hydrogens is 290 g/mol. The first-order valence-electron chi connectivity index (χ1n) is 7.33. The lowest BCUT2D eigenvalue weighted by atomic mass is 10.1. The van der Waals surface area contributed by atoms with Crippen LogP contribution in [0, 0.1) is 0 Å². The van der Waals surface area contributed by atoms with E-state index in [2.05, 4.69) is 18.5 Å². The zero-order chi connectivity index (χ0) is 16.2. The van der Waals surface area contributed by atoms with Crippen molar-refractivity contribution >= 4 is 27.6 Å². The predicted molar refractivity (Wildman–Crippen MR) is 94.4 cm³/mol. The van der Waals surface area contributed by atoms with E-state index >= 15 is 0 Å². The van der Waals surface area contributed by atoms with E-state index in [-0.39, 0.29) is 5.43 Å². The van der Waals surface area contributed by atoms with Crippen LogP contribution in [0.5, 0.6) is 5.75 Å². The predicted octanol–water partition coefficient (Wildman–Crippen LogP) is 4.11. The van der Waals surface area contributed by atoms with Crippen LogP contribution in [0.3, 0.4) is 0 Å². The van der Waals surface area contributed by atoms with E-state index in [9.17, 15) is 4.79 Å². The molecule has 3 rings (SSSR count). The maximum atomic E-state index is 12.7. The summed E-state index contributed by atoms with van der Waals surface area (Å²) in [7, 11) is 0. The monoisotopic (exact) mass is 307 g/mol. The largest absolute Gasteiger partial charge is 0.487 e. The highest BCUT2D eigenvalue weighted by atomic mass is 16.5. The van der Waals surface area contributed by atoms with Crippen molar-refractivity contribution in [1.29, 1.82) is 0 Å². The molecule has 0 aliphatic heterocycles. The van der Waals surface area contributed by atoms with Crippen LogP contribution in [0.1, 0.15) is 0 Å². The Hall–Kier alpha value is -3.01. The van der Waals surface area contributed by atoms with E-state index in [1.165, 1.54) is 0 Å². The second kappa shape index (κ2) is 6.40. The van der Waals surface area contributed by atoms with E-state index in [1.807, 2.05) is 12.1 Å². The van der Waals surface area contributed by atoms with Gasteiger partial charge < -0.3 is 14.5 Å². The third-order valence-electron chi connectivity index (χ3n) is 3.49. The van der Waals surface area contributed by atoms with Crippen molar-refractivity contribution in [3.05, 3.63) is 71.9 Å². The third-order valence-corrected chi connectivity index (χ3v) is 3.49. The van der Waals surface area contributed by atoms with Gasteiger partial charge in [-0.05, 0) is 24.3 Å². The molecule has 0 saturated heterocycles. The number of ether oxygens (including phenoxy) is 1. The number of anilines is 1. The smallest absolute Gasteiger partial charge is 0.200 e. The molecule has 0 saturated carbocycles. The SMILES string of the molecule is C=CCNc1c(OCC=C)ccc2c(=O)c3ccccc3oc12. The van der Waals surface area contributed by atoms with Crippen molar-refractivity contribution < 1.29 is 9.15 Å². The summed E-state index contributed by atoms with van der Waals surface area (Å²) in [6.07, 6.45) is 3.40. The first-order chi connectivity index (χ1) is 11.3.